The predicted molar refractivity (Wildman–Crippen MR) is 108 cm³/mol. The third-order valence-electron chi connectivity index (χ3n) is 4.81. The molecule has 0 aliphatic heterocycles. The summed E-state index contributed by atoms with van der Waals surface area (Å²) in [6, 6.07) is 18.0. The SMILES string of the molecule is CC(O)c1ccccc1-c1ccc2[nH]c(COc3ccc(C(F)(F)F)cc3)nc2c1. The summed E-state index contributed by atoms with van der Waals surface area (Å²) < 4.78 is 43.5. The number of aromatic amines is 1. The molecule has 0 radical (unpaired) electrons. The third kappa shape index (κ3) is 4.16. The molecule has 3 aromatic carbocycles. The van der Waals surface area contributed by atoms with Crippen molar-refractivity contribution in [1.82, 2.24) is 9.97 Å². The lowest BCUT2D eigenvalue weighted by molar-refractivity contribution is -0.137. The highest BCUT2D eigenvalue weighted by molar-refractivity contribution is 5.83. The van der Waals surface area contributed by atoms with Gasteiger partial charge in [-0.1, -0.05) is 30.3 Å². The fourth-order valence-electron chi connectivity index (χ4n) is 3.31. The fraction of sp³-hybridized carbons (Fsp3) is 0.174. The van der Waals surface area contributed by atoms with Gasteiger partial charge in [-0.25, -0.2) is 4.98 Å². The van der Waals surface area contributed by atoms with Crippen molar-refractivity contribution in [2.24, 2.45) is 0 Å². The molecule has 30 heavy (non-hydrogen) atoms. The predicted octanol–water partition coefficient (Wildman–Crippen LogP) is 5.88. The van der Waals surface area contributed by atoms with Crippen LogP contribution in [0.4, 0.5) is 13.2 Å². The number of rotatable bonds is 5. The van der Waals surface area contributed by atoms with E-state index in [2.05, 4.69) is 9.97 Å². The van der Waals surface area contributed by atoms with E-state index in [1.54, 1.807) is 6.92 Å². The molecule has 4 rings (SSSR count). The van der Waals surface area contributed by atoms with E-state index in [1.165, 1.54) is 12.1 Å². The molecule has 0 aliphatic rings. The van der Waals surface area contributed by atoms with Crippen LogP contribution in [0.25, 0.3) is 22.2 Å². The van der Waals surface area contributed by atoms with Gasteiger partial charge in [-0.15, -0.1) is 0 Å². The van der Waals surface area contributed by atoms with Crippen molar-refractivity contribution >= 4 is 11.0 Å². The van der Waals surface area contributed by atoms with E-state index < -0.39 is 17.8 Å². The average Bonchev–Trinajstić information content (AvgIpc) is 3.14. The Morgan fingerprint density at radius 3 is 2.47 bits per heavy atom. The number of hydrogen-bond acceptors (Lipinski definition) is 3. The normalized spacial score (nSPS) is 12.8. The Kier molecular flexibility index (Phi) is 5.22. The van der Waals surface area contributed by atoms with E-state index in [0.717, 1.165) is 39.9 Å². The number of nitrogens with one attached hydrogen (secondary N) is 1. The van der Waals surface area contributed by atoms with Gasteiger partial charge in [0.1, 0.15) is 18.2 Å². The Morgan fingerprint density at radius 1 is 1.03 bits per heavy atom. The lowest BCUT2D eigenvalue weighted by Crippen LogP contribution is -2.04. The number of aliphatic hydroxyl groups is 1. The number of imidazole rings is 1. The largest absolute Gasteiger partial charge is 0.486 e. The molecular weight excluding hydrogens is 393 g/mol. The van der Waals surface area contributed by atoms with Crippen LogP contribution in [0.3, 0.4) is 0 Å². The highest BCUT2D eigenvalue weighted by Crippen LogP contribution is 2.31. The van der Waals surface area contributed by atoms with Crippen LogP contribution in [0, 0.1) is 0 Å². The third-order valence-corrected chi connectivity index (χ3v) is 4.81. The Labute approximate surface area is 171 Å². The van der Waals surface area contributed by atoms with Crippen molar-refractivity contribution in [3.05, 3.63) is 83.7 Å². The van der Waals surface area contributed by atoms with Crippen LogP contribution < -0.4 is 4.74 Å². The molecule has 4 aromatic rings. The van der Waals surface area contributed by atoms with Gasteiger partial charge < -0.3 is 14.8 Å². The summed E-state index contributed by atoms with van der Waals surface area (Å²) in [5.74, 6) is 0.890. The first-order valence-corrected chi connectivity index (χ1v) is 9.37. The molecule has 4 nitrogen and oxygen atoms in total. The van der Waals surface area contributed by atoms with Crippen LogP contribution >= 0.6 is 0 Å². The number of hydrogen-bond donors (Lipinski definition) is 2. The first-order chi connectivity index (χ1) is 14.3. The fourth-order valence-corrected chi connectivity index (χ4v) is 3.31. The zero-order chi connectivity index (χ0) is 21.3. The number of ether oxygens (including phenoxy) is 1. The zero-order valence-electron chi connectivity index (χ0n) is 16.1. The van der Waals surface area contributed by atoms with Gasteiger partial charge in [-0.05, 0) is 60.0 Å². The van der Waals surface area contributed by atoms with E-state index >= 15 is 0 Å². The van der Waals surface area contributed by atoms with Crippen LogP contribution in [0.5, 0.6) is 5.75 Å². The van der Waals surface area contributed by atoms with Crippen LogP contribution in [-0.2, 0) is 12.8 Å². The van der Waals surface area contributed by atoms with Gasteiger partial charge in [-0.3, -0.25) is 0 Å². The molecule has 1 aromatic heterocycles. The molecule has 1 heterocycles. The van der Waals surface area contributed by atoms with Crippen LogP contribution in [0.15, 0.2) is 66.7 Å². The molecule has 154 valence electrons. The average molecular weight is 412 g/mol. The minimum atomic E-state index is -4.37. The number of aromatic nitrogens is 2. The summed E-state index contributed by atoms with van der Waals surface area (Å²) in [5.41, 5.74) is 3.53. The van der Waals surface area contributed by atoms with E-state index in [4.69, 9.17) is 4.74 Å². The molecule has 1 atom stereocenters. The first-order valence-electron chi connectivity index (χ1n) is 9.37. The van der Waals surface area contributed by atoms with E-state index in [1.807, 2.05) is 42.5 Å². The quantitative estimate of drug-likeness (QED) is 0.430. The molecule has 0 amide bonds. The van der Waals surface area contributed by atoms with Gasteiger partial charge in [-0.2, -0.15) is 13.2 Å². The van der Waals surface area contributed by atoms with Gasteiger partial charge >= 0.3 is 6.18 Å². The maximum Gasteiger partial charge on any atom is 0.416 e. The van der Waals surface area contributed by atoms with Crippen molar-refractivity contribution < 1.29 is 23.0 Å². The Hall–Kier alpha value is -3.32. The molecule has 0 aliphatic carbocycles. The Balaban J connectivity index is 1.53. The summed E-state index contributed by atoms with van der Waals surface area (Å²) in [7, 11) is 0. The number of halogens is 3. The second-order valence-corrected chi connectivity index (χ2v) is 6.99. The lowest BCUT2D eigenvalue weighted by Gasteiger charge is -2.11. The van der Waals surface area contributed by atoms with Gasteiger partial charge in [0.25, 0.3) is 0 Å². The number of benzene rings is 3. The summed E-state index contributed by atoms with van der Waals surface area (Å²) >= 11 is 0. The standard InChI is InChI=1S/C23H19F3N2O2/c1-14(29)18-4-2-3-5-19(18)15-6-11-20-21(12-15)28-22(27-20)13-30-17-9-7-16(8-10-17)23(24,25)26/h2-12,14,29H,13H2,1H3,(H,27,28). The van der Waals surface area contributed by atoms with Crippen molar-refractivity contribution in [2.45, 2.75) is 25.8 Å². The molecule has 0 saturated heterocycles. The first kappa shape index (κ1) is 20.0. The van der Waals surface area contributed by atoms with Crippen LogP contribution in [-0.4, -0.2) is 15.1 Å². The number of nitrogens with zero attached hydrogens (tertiary/aromatic N) is 1. The van der Waals surface area contributed by atoms with Crippen LogP contribution in [0.1, 0.15) is 30.0 Å². The van der Waals surface area contributed by atoms with Gasteiger partial charge in [0.15, 0.2) is 0 Å². The minimum absolute atomic E-state index is 0.0969. The van der Waals surface area contributed by atoms with Gasteiger partial charge in [0.05, 0.1) is 22.7 Å². The second kappa shape index (κ2) is 7.84. The molecule has 1 unspecified atom stereocenters. The van der Waals surface area contributed by atoms with Crippen molar-refractivity contribution in [2.75, 3.05) is 0 Å². The maximum atomic E-state index is 12.6. The summed E-state index contributed by atoms with van der Waals surface area (Å²) in [5, 5.41) is 10.0. The highest BCUT2D eigenvalue weighted by atomic mass is 19.4. The summed E-state index contributed by atoms with van der Waals surface area (Å²) in [6.45, 7) is 1.82. The zero-order valence-corrected chi connectivity index (χ0v) is 16.1. The monoisotopic (exact) mass is 412 g/mol. The Bertz CT molecular complexity index is 1170. The molecule has 0 spiro atoms. The van der Waals surface area contributed by atoms with Crippen molar-refractivity contribution in [3.8, 4) is 16.9 Å². The van der Waals surface area contributed by atoms with E-state index in [-0.39, 0.29) is 6.61 Å². The highest BCUT2D eigenvalue weighted by Gasteiger charge is 2.30. The topological polar surface area (TPSA) is 58.1 Å². The molecular formula is C23H19F3N2O2. The Morgan fingerprint density at radius 2 is 1.77 bits per heavy atom. The summed E-state index contributed by atoms with van der Waals surface area (Å²) in [6.07, 6.45) is -4.97. The number of aliphatic hydroxyl groups excluding tert-OH is 1. The van der Waals surface area contributed by atoms with Crippen LogP contribution in [0.2, 0.25) is 0 Å². The van der Waals surface area contributed by atoms with E-state index in [9.17, 15) is 18.3 Å². The minimum Gasteiger partial charge on any atom is -0.486 e. The van der Waals surface area contributed by atoms with Crippen molar-refractivity contribution in [1.29, 1.82) is 0 Å². The maximum absolute atomic E-state index is 12.6. The molecule has 0 saturated carbocycles. The molecule has 7 heteroatoms. The second-order valence-electron chi connectivity index (χ2n) is 6.99. The molecule has 2 N–H and O–H groups in total. The smallest absolute Gasteiger partial charge is 0.416 e. The molecule has 0 bridgehead atoms. The summed E-state index contributed by atoms with van der Waals surface area (Å²) in [4.78, 5) is 7.67. The lowest BCUT2D eigenvalue weighted by atomic mass is 9.96. The van der Waals surface area contributed by atoms with Gasteiger partial charge in [0, 0.05) is 0 Å². The van der Waals surface area contributed by atoms with Crippen molar-refractivity contribution in [3.63, 3.8) is 0 Å². The number of alkyl halides is 3. The molecule has 0 fully saturated rings. The number of H-pyrrole nitrogens is 1. The van der Waals surface area contributed by atoms with Gasteiger partial charge in [0.2, 0.25) is 0 Å². The number of fused-ring (bicyclic) bond motifs is 1. The van der Waals surface area contributed by atoms with E-state index in [0.29, 0.717) is 11.6 Å².